The van der Waals surface area contributed by atoms with Crippen molar-refractivity contribution < 1.29 is 14.3 Å². The molecule has 122 valence electrons. The van der Waals surface area contributed by atoms with E-state index >= 15 is 0 Å². The summed E-state index contributed by atoms with van der Waals surface area (Å²) in [6.07, 6.45) is 2.38. The number of anilines is 1. The summed E-state index contributed by atoms with van der Waals surface area (Å²) in [5.74, 6) is 0.148. The van der Waals surface area contributed by atoms with Crippen LogP contribution in [0.5, 0.6) is 5.88 Å². The highest BCUT2D eigenvalue weighted by Crippen LogP contribution is 2.37. The first-order valence-corrected chi connectivity index (χ1v) is 8.46. The van der Waals surface area contributed by atoms with Gasteiger partial charge in [0.15, 0.2) is 0 Å². The first kappa shape index (κ1) is 16.0. The Morgan fingerprint density at radius 1 is 1.52 bits per heavy atom. The quantitative estimate of drug-likeness (QED) is 0.863. The van der Waals surface area contributed by atoms with Gasteiger partial charge < -0.3 is 14.4 Å². The fraction of sp³-hybridized carbons (Fsp3) is 0.412. The summed E-state index contributed by atoms with van der Waals surface area (Å²) in [4.78, 5) is 20.0. The summed E-state index contributed by atoms with van der Waals surface area (Å²) in [5.41, 5.74) is 1.81. The van der Waals surface area contributed by atoms with E-state index in [4.69, 9.17) is 9.47 Å². The van der Waals surface area contributed by atoms with Crippen molar-refractivity contribution in [2.24, 2.45) is 5.92 Å². The minimum absolute atomic E-state index is 0.0136. The fourth-order valence-electron chi connectivity index (χ4n) is 2.94. The molecule has 0 spiro atoms. The highest BCUT2D eigenvalue weighted by molar-refractivity contribution is 7.10. The second kappa shape index (κ2) is 6.68. The maximum atomic E-state index is 12.9. The molecule has 3 heterocycles. The van der Waals surface area contributed by atoms with Crippen LogP contribution < -0.4 is 9.64 Å². The molecule has 2 atom stereocenters. The Morgan fingerprint density at radius 2 is 2.35 bits per heavy atom. The molecule has 5 nitrogen and oxygen atoms in total. The summed E-state index contributed by atoms with van der Waals surface area (Å²) in [7, 11) is 3.30. The molecule has 0 aromatic carbocycles. The van der Waals surface area contributed by atoms with Gasteiger partial charge in [0, 0.05) is 24.5 Å². The highest BCUT2D eigenvalue weighted by atomic mass is 32.1. The van der Waals surface area contributed by atoms with Gasteiger partial charge in [-0.1, -0.05) is 6.92 Å². The number of ether oxygens (including phenoxy) is 2. The highest BCUT2D eigenvalue weighted by Gasteiger charge is 2.33. The normalized spacial score (nSPS) is 18.1. The molecule has 2 aromatic heterocycles. The molecule has 0 aliphatic carbocycles. The van der Waals surface area contributed by atoms with Crippen LogP contribution in [0.1, 0.15) is 23.5 Å². The standard InChI is InChI=1S/C17H20N2O3S/c1-11(15-12-7-10-23-14(12)6-9-22-15)17(20)19(2)13-5-4-8-18-16(13)21-3/h4-5,7-8,10-11,15H,6,9H2,1-3H3/t11-,15-/m1/s1. The third kappa shape index (κ3) is 2.96. The number of methoxy groups -OCH3 is 1. The van der Waals surface area contributed by atoms with Gasteiger partial charge >= 0.3 is 0 Å². The van der Waals surface area contributed by atoms with Crippen molar-refractivity contribution in [2.75, 3.05) is 25.7 Å². The summed E-state index contributed by atoms with van der Waals surface area (Å²) >= 11 is 1.73. The molecule has 0 N–H and O–H groups in total. The molecule has 0 unspecified atom stereocenters. The molecule has 0 saturated heterocycles. The van der Waals surface area contributed by atoms with Gasteiger partial charge in [0.1, 0.15) is 5.69 Å². The summed E-state index contributed by atoms with van der Waals surface area (Å²) in [6.45, 7) is 2.58. The smallest absolute Gasteiger partial charge is 0.237 e. The van der Waals surface area contributed by atoms with E-state index in [-0.39, 0.29) is 17.9 Å². The second-order valence-corrected chi connectivity index (χ2v) is 6.56. The Balaban J connectivity index is 1.83. The maximum Gasteiger partial charge on any atom is 0.237 e. The number of hydrogen-bond acceptors (Lipinski definition) is 5. The van der Waals surface area contributed by atoms with E-state index in [0.717, 1.165) is 12.0 Å². The zero-order chi connectivity index (χ0) is 16.4. The minimum atomic E-state index is -0.279. The Morgan fingerprint density at radius 3 is 3.13 bits per heavy atom. The summed E-state index contributed by atoms with van der Waals surface area (Å²) in [5, 5.41) is 2.07. The number of hydrogen-bond donors (Lipinski definition) is 0. The predicted molar refractivity (Wildman–Crippen MR) is 90.1 cm³/mol. The van der Waals surface area contributed by atoms with Crippen molar-refractivity contribution in [3.8, 4) is 5.88 Å². The van der Waals surface area contributed by atoms with E-state index in [0.29, 0.717) is 18.2 Å². The number of rotatable bonds is 4. The molecule has 2 aromatic rings. The van der Waals surface area contributed by atoms with Gasteiger partial charge in [-0.25, -0.2) is 4.98 Å². The van der Waals surface area contributed by atoms with Crippen LogP contribution in [0.25, 0.3) is 0 Å². The Kier molecular flexibility index (Phi) is 4.63. The molecular weight excluding hydrogens is 312 g/mol. The van der Waals surface area contributed by atoms with Crippen LogP contribution in [0.3, 0.4) is 0 Å². The number of fused-ring (bicyclic) bond motifs is 1. The van der Waals surface area contributed by atoms with Gasteiger partial charge in [-0.3, -0.25) is 4.79 Å². The van der Waals surface area contributed by atoms with Crippen LogP contribution in [0.4, 0.5) is 5.69 Å². The van der Waals surface area contributed by atoms with Gasteiger partial charge in [0.05, 0.1) is 25.7 Å². The van der Waals surface area contributed by atoms with Crippen molar-refractivity contribution in [2.45, 2.75) is 19.4 Å². The molecule has 23 heavy (non-hydrogen) atoms. The largest absolute Gasteiger partial charge is 0.480 e. The molecular formula is C17H20N2O3S. The van der Waals surface area contributed by atoms with Crippen molar-refractivity contribution in [1.29, 1.82) is 0 Å². The Bertz CT molecular complexity index is 701. The number of nitrogens with zero attached hydrogens (tertiary/aromatic N) is 2. The number of pyridine rings is 1. The number of aromatic nitrogens is 1. The number of thiophene rings is 1. The molecule has 3 rings (SSSR count). The van der Waals surface area contributed by atoms with E-state index in [1.807, 2.05) is 13.0 Å². The third-order valence-electron chi connectivity index (χ3n) is 4.19. The minimum Gasteiger partial charge on any atom is -0.480 e. The van der Waals surface area contributed by atoms with Crippen LogP contribution in [-0.4, -0.2) is 31.7 Å². The average Bonchev–Trinajstić information content (AvgIpc) is 3.08. The van der Waals surface area contributed by atoms with Gasteiger partial charge in [-0.2, -0.15) is 0 Å². The maximum absolute atomic E-state index is 12.9. The van der Waals surface area contributed by atoms with Crippen molar-refractivity contribution in [3.63, 3.8) is 0 Å². The zero-order valence-corrected chi connectivity index (χ0v) is 14.3. The van der Waals surface area contributed by atoms with Crippen molar-refractivity contribution in [3.05, 3.63) is 40.2 Å². The van der Waals surface area contributed by atoms with Crippen LogP contribution in [0.15, 0.2) is 29.8 Å². The molecule has 1 amide bonds. The fourth-order valence-corrected chi connectivity index (χ4v) is 3.84. The van der Waals surface area contributed by atoms with Gasteiger partial charge in [-0.05, 0) is 29.1 Å². The zero-order valence-electron chi connectivity index (χ0n) is 13.5. The molecule has 6 heteroatoms. The predicted octanol–water partition coefficient (Wildman–Crippen LogP) is 3.06. The summed E-state index contributed by atoms with van der Waals surface area (Å²) in [6, 6.07) is 5.69. The van der Waals surface area contributed by atoms with E-state index < -0.39 is 0 Å². The molecule has 0 radical (unpaired) electrons. The molecule has 0 saturated carbocycles. The number of carbonyl (C=O) groups is 1. The lowest BCUT2D eigenvalue weighted by atomic mass is 9.94. The Hall–Kier alpha value is -1.92. The van der Waals surface area contributed by atoms with Crippen LogP contribution in [0, 0.1) is 5.92 Å². The monoisotopic (exact) mass is 332 g/mol. The van der Waals surface area contributed by atoms with Gasteiger partial charge in [-0.15, -0.1) is 11.3 Å². The summed E-state index contributed by atoms with van der Waals surface area (Å²) < 4.78 is 11.2. The number of carbonyl (C=O) groups excluding carboxylic acids is 1. The molecule has 1 aliphatic heterocycles. The van der Waals surface area contributed by atoms with Gasteiger partial charge in [0.25, 0.3) is 0 Å². The topological polar surface area (TPSA) is 51.7 Å². The van der Waals surface area contributed by atoms with Crippen molar-refractivity contribution in [1.82, 2.24) is 4.98 Å². The lowest BCUT2D eigenvalue weighted by molar-refractivity contribution is -0.127. The van der Waals surface area contributed by atoms with E-state index in [9.17, 15) is 4.79 Å². The van der Waals surface area contributed by atoms with Crippen molar-refractivity contribution >= 4 is 22.9 Å². The first-order chi connectivity index (χ1) is 11.1. The van der Waals surface area contributed by atoms with E-state index in [1.165, 1.54) is 4.88 Å². The molecule has 0 bridgehead atoms. The lowest BCUT2D eigenvalue weighted by Crippen LogP contribution is -2.36. The number of amides is 1. The third-order valence-corrected chi connectivity index (χ3v) is 5.19. The average molecular weight is 332 g/mol. The van der Waals surface area contributed by atoms with E-state index in [2.05, 4.69) is 16.4 Å². The van der Waals surface area contributed by atoms with Gasteiger partial charge in [0.2, 0.25) is 11.8 Å². The SMILES string of the molecule is COc1ncccc1N(C)C(=O)[C@H](C)[C@H]1OCCc2sccc21. The van der Waals surface area contributed by atoms with Crippen LogP contribution in [-0.2, 0) is 16.0 Å². The van der Waals surface area contributed by atoms with Crippen LogP contribution in [0.2, 0.25) is 0 Å². The second-order valence-electron chi connectivity index (χ2n) is 5.56. The molecule has 1 aliphatic rings. The molecule has 0 fully saturated rings. The van der Waals surface area contributed by atoms with E-state index in [1.54, 1.807) is 42.7 Å². The lowest BCUT2D eigenvalue weighted by Gasteiger charge is -2.30. The Labute approximate surface area is 139 Å². The first-order valence-electron chi connectivity index (χ1n) is 7.58. The van der Waals surface area contributed by atoms with Crippen LogP contribution >= 0.6 is 11.3 Å².